The number of hydrogen-bond acceptors (Lipinski definition) is 5. The number of carbonyl (C=O) groups is 1. The summed E-state index contributed by atoms with van der Waals surface area (Å²) in [5.74, 6) is 3.79. The number of amides is 1. The highest BCUT2D eigenvalue weighted by atomic mass is 19.1. The molecule has 1 amide bonds. The summed E-state index contributed by atoms with van der Waals surface area (Å²) in [6.45, 7) is 3.35. The summed E-state index contributed by atoms with van der Waals surface area (Å²) in [5, 5.41) is 4.20. The predicted molar refractivity (Wildman–Crippen MR) is 128 cm³/mol. The first kappa shape index (κ1) is 22.5. The Kier molecular flexibility index (Phi) is 5.87. The third kappa shape index (κ3) is 4.19. The van der Waals surface area contributed by atoms with E-state index >= 15 is 0 Å². The minimum atomic E-state index is -0.772. The van der Waals surface area contributed by atoms with Crippen molar-refractivity contribution in [2.24, 2.45) is 10.8 Å². The molecule has 1 fully saturated rings. The molecule has 3 N–H and O–H groups in total. The topological polar surface area (TPSA) is 84.9 Å². The first-order valence-electron chi connectivity index (χ1n) is 11.2. The number of carbonyl (C=O) groups excluding carboxylic acids is 1. The standard InChI is InChI=1S/C26H23F2N5O2/c1-2-4-23(34)32-12-11-17(14-32)33-15-19(24-22(33)13-30-31-26(24)29)16-7-9-18(10-8-16)35-25-20(27)5-3-6-21(25)28/h3,5-10,15,17,30H,11-14H2,1H3,(H2,29,31). The molecule has 5 rings (SSSR count). The van der Waals surface area contributed by atoms with Crippen LogP contribution in [0.4, 0.5) is 8.78 Å². The van der Waals surface area contributed by atoms with Crippen molar-refractivity contribution in [3.05, 3.63) is 71.6 Å². The number of hydrazone groups is 1. The monoisotopic (exact) mass is 475 g/mol. The van der Waals surface area contributed by atoms with E-state index in [1.54, 1.807) is 24.0 Å². The Morgan fingerprint density at radius 1 is 1.20 bits per heavy atom. The zero-order valence-electron chi connectivity index (χ0n) is 19.0. The van der Waals surface area contributed by atoms with Gasteiger partial charge in [0.25, 0.3) is 5.91 Å². The molecule has 178 valence electrons. The molecule has 2 aromatic carbocycles. The number of para-hydroxylation sites is 1. The molecule has 3 aromatic rings. The van der Waals surface area contributed by atoms with Crippen molar-refractivity contribution in [3.63, 3.8) is 0 Å². The first-order chi connectivity index (χ1) is 17.0. The molecule has 0 radical (unpaired) electrons. The highest BCUT2D eigenvalue weighted by Crippen LogP contribution is 2.36. The predicted octanol–water partition coefficient (Wildman–Crippen LogP) is 3.75. The SMILES string of the molecule is CC#CC(=O)N1CCC(n2cc(-c3ccc(Oc4c(F)cccc4F)cc3)c3c2CNN=C3N)C1. The van der Waals surface area contributed by atoms with Crippen LogP contribution in [0.1, 0.15) is 30.6 Å². The van der Waals surface area contributed by atoms with Gasteiger partial charge in [-0.1, -0.05) is 24.1 Å². The Balaban J connectivity index is 1.46. The van der Waals surface area contributed by atoms with E-state index in [2.05, 4.69) is 26.9 Å². The Morgan fingerprint density at radius 2 is 1.94 bits per heavy atom. The highest BCUT2D eigenvalue weighted by Gasteiger charge is 2.31. The van der Waals surface area contributed by atoms with Crippen LogP contribution in [-0.4, -0.2) is 34.3 Å². The van der Waals surface area contributed by atoms with Crippen LogP contribution in [0.15, 0.2) is 53.8 Å². The number of benzene rings is 2. The number of nitrogens with one attached hydrogen (secondary N) is 1. The largest absolute Gasteiger partial charge is 0.451 e. The summed E-state index contributed by atoms with van der Waals surface area (Å²) in [4.78, 5) is 14.0. The lowest BCUT2D eigenvalue weighted by atomic mass is 10.0. The molecular formula is C26H23F2N5O2. The summed E-state index contributed by atoms with van der Waals surface area (Å²) < 4.78 is 35.5. The van der Waals surface area contributed by atoms with Gasteiger partial charge in [0.15, 0.2) is 23.2 Å². The van der Waals surface area contributed by atoms with E-state index in [4.69, 9.17) is 10.5 Å². The Labute approximate surface area is 201 Å². The summed E-state index contributed by atoms with van der Waals surface area (Å²) in [7, 11) is 0. The zero-order valence-corrected chi connectivity index (χ0v) is 19.0. The summed E-state index contributed by atoms with van der Waals surface area (Å²) >= 11 is 0. The van der Waals surface area contributed by atoms with Crippen molar-refractivity contribution in [2.45, 2.75) is 25.9 Å². The van der Waals surface area contributed by atoms with Crippen molar-refractivity contribution in [1.29, 1.82) is 0 Å². The van der Waals surface area contributed by atoms with Gasteiger partial charge in [0.05, 0.1) is 18.3 Å². The lowest BCUT2D eigenvalue weighted by Crippen LogP contribution is -2.30. The van der Waals surface area contributed by atoms with Crippen LogP contribution in [-0.2, 0) is 11.3 Å². The second-order valence-electron chi connectivity index (χ2n) is 8.35. The van der Waals surface area contributed by atoms with Gasteiger partial charge in [0.2, 0.25) is 0 Å². The molecule has 1 saturated heterocycles. The van der Waals surface area contributed by atoms with Crippen LogP contribution in [0.2, 0.25) is 0 Å². The molecule has 35 heavy (non-hydrogen) atoms. The fourth-order valence-electron chi connectivity index (χ4n) is 4.57. The number of rotatable bonds is 4. The maximum absolute atomic E-state index is 14.0. The Bertz CT molecular complexity index is 1360. The normalized spacial score (nSPS) is 16.6. The van der Waals surface area contributed by atoms with E-state index in [1.165, 1.54) is 6.07 Å². The van der Waals surface area contributed by atoms with E-state index in [0.717, 1.165) is 40.9 Å². The number of amidine groups is 1. The van der Waals surface area contributed by atoms with Crippen LogP contribution >= 0.6 is 0 Å². The van der Waals surface area contributed by atoms with Crippen LogP contribution in [0.3, 0.4) is 0 Å². The summed E-state index contributed by atoms with van der Waals surface area (Å²) in [6.07, 6.45) is 2.83. The Morgan fingerprint density at radius 3 is 2.66 bits per heavy atom. The summed E-state index contributed by atoms with van der Waals surface area (Å²) in [6, 6.07) is 10.6. The number of likely N-dealkylation sites (tertiary alicyclic amines) is 1. The zero-order chi connectivity index (χ0) is 24.5. The molecule has 1 unspecified atom stereocenters. The minimum absolute atomic E-state index is 0.0828. The second kappa shape index (κ2) is 9.14. The molecule has 9 heteroatoms. The number of nitrogens with zero attached hydrogens (tertiary/aromatic N) is 3. The quantitative estimate of drug-likeness (QED) is 0.563. The number of nitrogens with two attached hydrogens (primary N) is 1. The lowest BCUT2D eigenvalue weighted by molar-refractivity contribution is -0.124. The average molecular weight is 475 g/mol. The van der Waals surface area contributed by atoms with Gasteiger partial charge in [-0.15, -0.1) is 0 Å². The molecule has 1 atom stereocenters. The van der Waals surface area contributed by atoms with Gasteiger partial charge >= 0.3 is 0 Å². The molecular weight excluding hydrogens is 452 g/mol. The number of hydrogen-bond donors (Lipinski definition) is 2. The van der Waals surface area contributed by atoms with Crippen molar-refractivity contribution in [3.8, 4) is 34.5 Å². The van der Waals surface area contributed by atoms with Crippen molar-refractivity contribution < 1.29 is 18.3 Å². The maximum Gasteiger partial charge on any atom is 0.298 e. The van der Waals surface area contributed by atoms with Crippen LogP contribution < -0.4 is 15.9 Å². The van der Waals surface area contributed by atoms with Gasteiger partial charge in [0.1, 0.15) is 5.75 Å². The minimum Gasteiger partial charge on any atom is -0.451 e. The maximum atomic E-state index is 14.0. The Hall–Kier alpha value is -4.32. The molecule has 2 aliphatic rings. The fourth-order valence-corrected chi connectivity index (χ4v) is 4.57. The number of ether oxygens (including phenoxy) is 1. The third-order valence-corrected chi connectivity index (χ3v) is 6.22. The fraction of sp³-hybridized carbons (Fsp3) is 0.231. The molecule has 0 bridgehead atoms. The number of halogens is 2. The average Bonchev–Trinajstić information content (AvgIpc) is 3.48. The molecule has 7 nitrogen and oxygen atoms in total. The van der Waals surface area contributed by atoms with Gasteiger partial charge in [-0.3, -0.25) is 4.79 Å². The first-order valence-corrected chi connectivity index (χ1v) is 11.2. The van der Waals surface area contributed by atoms with Gasteiger partial charge < -0.3 is 25.4 Å². The number of fused-ring (bicyclic) bond motifs is 1. The third-order valence-electron chi connectivity index (χ3n) is 6.22. The van der Waals surface area contributed by atoms with Gasteiger partial charge in [0, 0.05) is 30.4 Å². The van der Waals surface area contributed by atoms with Gasteiger partial charge in [-0.2, -0.15) is 5.10 Å². The van der Waals surface area contributed by atoms with Crippen LogP contribution in [0.25, 0.3) is 11.1 Å². The van der Waals surface area contributed by atoms with Crippen molar-refractivity contribution in [1.82, 2.24) is 14.9 Å². The second-order valence-corrected chi connectivity index (χ2v) is 8.35. The van der Waals surface area contributed by atoms with Crippen LogP contribution in [0.5, 0.6) is 11.5 Å². The summed E-state index contributed by atoms with van der Waals surface area (Å²) in [5.41, 5.74) is 12.8. The molecule has 0 spiro atoms. The van der Waals surface area contributed by atoms with Gasteiger partial charge in [-0.05, 0) is 49.1 Å². The van der Waals surface area contributed by atoms with E-state index < -0.39 is 17.4 Å². The molecule has 3 heterocycles. The highest BCUT2D eigenvalue weighted by molar-refractivity contribution is 6.05. The molecule has 0 saturated carbocycles. The van der Waals surface area contributed by atoms with Gasteiger partial charge in [-0.25, -0.2) is 8.78 Å². The van der Waals surface area contributed by atoms with Crippen molar-refractivity contribution >= 4 is 11.7 Å². The van der Waals surface area contributed by atoms with Crippen LogP contribution in [0, 0.1) is 23.5 Å². The lowest BCUT2D eigenvalue weighted by Gasteiger charge is -2.20. The van der Waals surface area contributed by atoms with E-state index in [1.807, 2.05) is 18.3 Å². The molecule has 2 aliphatic heterocycles. The smallest absolute Gasteiger partial charge is 0.298 e. The van der Waals surface area contributed by atoms with Crippen molar-refractivity contribution in [2.75, 3.05) is 13.1 Å². The van der Waals surface area contributed by atoms with E-state index in [0.29, 0.717) is 31.2 Å². The number of aromatic nitrogens is 1. The van der Waals surface area contributed by atoms with E-state index in [9.17, 15) is 13.6 Å². The van der Waals surface area contributed by atoms with E-state index in [-0.39, 0.29) is 11.9 Å². The molecule has 1 aromatic heterocycles. The molecule has 0 aliphatic carbocycles.